The second-order valence-electron chi connectivity index (χ2n) is 3.71. The van der Waals surface area contributed by atoms with Crippen molar-refractivity contribution >= 4 is 10.9 Å². The molecule has 0 saturated heterocycles. The van der Waals surface area contributed by atoms with Gasteiger partial charge in [0.15, 0.2) is 0 Å². The summed E-state index contributed by atoms with van der Waals surface area (Å²) in [7, 11) is 1.67. The van der Waals surface area contributed by atoms with Gasteiger partial charge in [0.25, 0.3) is 0 Å². The maximum Gasteiger partial charge on any atom is 0.128 e. The first-order valence-corrected chi connectivity index (χ1v) is 5.49. The Balaban J connectivity index is 2.21. The minimum Gasteiger partial charge on any atom is -0.496 e. The Morgan fingerprint density at radius 2 is 2.29 bits per heavy atom. The minimum atomic E-state index is 0.528. The summed E-state index contributed by atoms with van der Waals surface area (Å²) in [5, 5.41) is 4.64. The lowest BCUT2D eigenvalue weighted by Crippen LogP contribution is -1.97. The molecule has 88 valence electrons. The summed E-state index contributed by atoms with van der Waals surface area (Å²) in [6.07, 6.45) is 2.87. The average molecular weight is 230 g/mol. The number of aromatic nitrogens is 1. The Morgan fingerprint density at radius 3 is 3.06 bits per heavy atom. The molecule has 0 bridgehead atoms. The van der Waals surface area contributed by atoms with Gasteiger partial charge in [-0.1, -0.05) is 11.2 Å². The van der Waals surface area contributed by atoms with Crippen LogP contribution in [0.2, 0.25) is 0 Å². The van der Waals surface area contributed by atoms with Crippen LogP contribution >= 0.6 is 0 Å². The second kappa shape index (κ2) is 5.27. The van der Waals surface area contributed by atoms with Gasteiger partial charge in [0.05, 0.1) is 12.6 Å². The molecule has 0 N–H and O–H groups in total. The van der Waals surface area contributed by atoms with Gasteiger partial charge in [-0.3, -0.25) is 0 Å². The van der Waals surface area contributed by atoms with Crippen LogP contribution in [-0.4, -0.2) is 18.2 Å². The van der Waals surface area contributed by atoms with Crippen molar-refractivity contribution in [2.24, 2.45) is 5.11 Å². The molecule has 0 aliphatic carbocycles. The fourth-order valence-corrected chi connectivity index (χ4v) is 1.92. The van der Waals surface area contributed by atoms with Crippen molar-refractivity contribution < 1.29 is 4.74 Å². The zero-order chi connectivity index (χ0) is 12.1. The van der Waals surface area contributed by atoms with Gasteiger partial charge in [-0.15, -0.1) is 0 Å². The highest BCUT2D eigenvalue weighted by Crippen LogP contribution is 2.26. The molecule has 0 atom stereocenters. The van der Waals surface area contributed by atoms with Crippen molar-refractivity contribution in [3.63, 3.8) is 0 Å². The molecule has 0 saturated carbocycles. The Bertz CT molecular complexity index is 555. The van der Waals surface area contributed by atoms with Crippen LogP contribution in [-0.2, 0) is 6.54 Å². The number of hydrogen-bond acceptors (Lipinski definition) is 2. The third kappa shape index (κ3) is 2.34. The van der Waals surface area contributed by atoms with Gasteiger partial charge >= 0.3 is 0 Å². The Labute approximate surface area is 99.2 Å². The summed E-state index contributed by atoms with van der Waals surface area (Å²) in [5.41, 5.74) is 9.34. The number of aryl methyl sites for hydroxylation is 1. The molecule has 0 aliphatic heterocycles. The minimum absolute atomic E-state index is 0.528. The number of ether oxygens (including phenoxy) is 1. The quantitative estimate of drug-likeness (QED) is 0.336. The summed E-state index contributed by atoms with van der Waals surface area (Å²) in [5.74, 6) is 0.885. The van der Waals surface area contributed by atoms with Gasteiger partial charge in [0.2, 0.25) is 0 Å². The summed E-state index contributed by atoms with van der Waals surface area (Å²) in [6.45, 7) is 1.37. The van der Waals surface area contributed by atoms with E-state index in [1.165, 1.54) is 0 Å². The van der Waals surface area contributed by atoms with E-state index in [0.717, 1.165) is 29.6 Å². The van der Waals surface area contributed by atoms with E-state index in [0.29, 0.717) is 6.54 Å². The van der Waals surface area contributed by atoms with Crippen molar-refractivity contribution in [1.82, 2.24) is 4.57 Å². The molecule has 1 heterocycles. The second-order valence-corrected chi connectivity index (χ2v) is 3.71. The van der Waals surface area contributed by atoms with Crippen molar-refractivity contribution in [2.45, 2.75) is 13.0 Å². The number of fused-ring (bicyclic) bond motifs is 1. The predicted molar refractivity (Wildman–Crippen MR) is 67.1 cm³/mol. The van der Waals surface area contributed by atoms with E-state index >= 15 is 0 Å². The largest absolute Gasteiger partial charge is 0.496 e. The summed E-state index contributed by atoms with van der Waals surface area (Å²) in [6, 6.07) is 8.03. The van der Waals surface area contributed by atoms with Crippen LogP contribution in [0, 0.1) is 0 Å². The van der Waals surface area contributed by atoms with Crippen LogP contribution in [0.5, 0.6) is 5.75 Å². The molecule has 1 aromatic carbocycles. The number of methoxy groups -OCH3 is 1. The molecule has 2 aromatic rings. The van der Waals surface area contributed by atoms with Crippen LogP contribution in [0.25, 0.3) is 21.3 Å². The first-order valence-electron chi connectivity index (χ1n) is 5.49. The molecule has 1 aromatic heterocycles. The molecule has 0 radical (unpaired) electrons. The summed E-state index contributed by atoms with van der Waals surface area (Å²) in [4.78, 5) is 2.74. The van der Waals surface area contributed by atoms with E-state index in [-0.39, 0.29) is 0 Å². The Kier molecular flexibility index (Phi) is 3.52. The van der Waals surface area contributed by atoms with Crippen molar-refractivity contribution in [3.8, 4) is 5.75 Å². The maximum absolute atomic E-state index is 8.20. The van der Waals surface area contributed by atoms with Gasteiger partial charge in [0, 0.05) is 29.6 Å². The van der Waals surface area contributed by atoms with Crippen LogP contribution < -0.4 is 4.74 Å². The Morgan fingerprint density at radius 1 is 1.41 bits per heavy atom. The molecule has 0 aliphatic rings. The van der Waals surface area contributed by atoms with Crippen LogP contribution in [0.1, 0.15) is 6.42 Å². The molecule has 5 heteroatoms. The van der Waals surface area contributed by atoms with Crippen molar-refractivity contribution in [2.75, 3.05) is 13.7 Å². The fourth-order valence-electron chi connectivity index (χ4n) is 1.92. The van der Waals surface area contributed by atoms with Gasteiger partial charge in [0.1, 0.15) is 5.75 Å². The molecule has 0 fully saturated rings. The lowest BCUT2D eigenvalue weighted by Gasteiger charge is -2.05. The highest BCUT2D eigenvalue weighted by molar-refractivity contribution is 5.86. The third-order valence-corrected chi connectivity index (χ3v) is 2.71. The smallest absolute Gasteiger partial charge is 0.128 e. The Hall–Kier alpha value is -2.13. The zero-order valence-corrected chi connectivity index (χ0v) is 9.71. The van der Waals surface area contributed by atoms with Gasteiger partial charge < -0.3 is 9.30 Å². The van der Waals surface area contributed by atoms with E-state index in [4.69, 9.17) is 10.3 Å². The van der Waals surface area contributed by atoms with Crippen molar-refractivity contribution in [1.29, 1.82) is 0 Å². The fraction of sp³-hybridized carbons (Fsp3) is 0.333. The SMILES string of the molecule is COc1cccc2c1ccn2CCCN=[N+]=[N-]. The number of benzene rings is 1. The van der Waals surface area contributed by atoms with Crippen LogP contribution in [0.3, 0.4) is 0 Å². The summed E-state index contributed by atoms with van der Waals surface area (Å²) >= 11 is 0. The molecule has 2 rings (SSSR count). The monoisotopic (exact) mass is 230 g/mol. The molecule has 0 amide bonds. The topological polar surface area (TPSA) is 62.9 Å². The van der Waals surface area contributed by atoms with Crippen LogP contribution in [0.4, 0.5) is 0 Å². The molecule has 17 heavy (non-hydrogen) atoms. The van der Waals surface area contributed by atoms with Gasteiger partial charge in [-0.05, 0) is 30.2 Å². The normalized spacial score (nSPS) is 10.2. The van der Waals surface area contributed by atoms with E-state index in [2.05, 4.69) is 20.7 Å². The molecule has 0 unspecified atom stereocenters. The molecule has 0 spiro atoms. The first-order chi connectivity index (χ1) is 8.36. The first kappa shape index (κ1) is 11.4. The number of hydrogen-bond donors (Lipinski definition) is 0. The zero-order valence-electron chi connectivity index (χ0n) is 9.71. The molecular formula is C12H14N4O. The number of rotatable bonds is 5. The van der Waals surface area contributed by atoms with Gasteiger partial charge in [-0.25, -0.2) is 0 Å². The third-order valence-electron chi connectivity index (χ3n) is 2.71. The predicted octanol–water partition coefficient (Wildman–Crippen LogP) is 3.35. The highest BCUT2D eigenvalue weighted by atomic mass is 16.5. The van der Waals surface area contributed by atoms with Crippen molar-refractivity contribution in [3.05, 3.63) is 40.9 Å². The lowest BCUT2D eigenvalue weighted by molar-refractivity contribution is 0.420. The van der Waals surface area contributed by atoms with E-state index in [9.17, 15) is 0 Å². The standard InChI is InChI=1S/C12H14N4O/c1-17-12-5-2-4-11-10(12)6-9-16(11)8-3-7-14-15-13/h2,4-6,9H,3,7-8H2,1H3. The maximum atomic E-state index is 8.20. The lowest BCUT2D eigenvalue weighted by atomic mass is 10.2. The highest BCUT2D eigenvalue weighted by Gasteiger charge is 2.04. The van der Waals surface area contributed by atoms with E-state index < -0.39 is 0 Å². The molecular weight excluding hydrogens is 216 g/mol. The summed E-state index contributed by atoms with van der Waals surface area (Å²) < 4.78 is 7.45. The van der Waals surface area contributed by atoms with E-state index in [1.54, 1.807) is 7.11 Å². The van der Waals surface area contributed by atoms with Gasteiger partial charge in [-0.2, -0.15) is 0 Å². The molecule has 5 nitrogen and oxygen atoms in total. The van der Waals surface area contributed by atoms with E-state index in [1.807, 2.05) is 24.4 Å². The number of azide groups is 1. The average Bonchev–Trinajstić information content (AvgIpc) is 2.78. The number of nitrogens with zero attached hydrogens (tertiary/aromatic N) is 4. The van der Waals surface area contributed by atoms with Crippen LogP contribution in [0.15, 0.2) is 35.6 Å².